The summed E-state index contributed by atoms with van der Waals surface area (Å²) >= 11 is 0. The molecule has 0 fully saturated rings. The van der Waals surface area contributed by atoms with Crippen LogP contribution in [0.5, 0.6) is 0 Å². The lowest BCUT2D eigenvalue weighted by Crippen LogP contribution is -2.05. The van der Waals surface area contributed by atoms with Gasteiger partial charge >= 0.3 is 0 Å². The van der Waals surface area contributed by atoms with Gasteiger partial charge in [0.05, 0.1) is 5.69 Å². The monoisotopic (exact) mass is 193 g/mol. The van der Waals surface area contributed by atoms with Gasteiger partial charge in [-0.15, -0.1) is 5.10 Å². The fraction of sp³-hybridized carbons (Fsp3) is 0.636. The van der Waals surface area contributed by atoms with E-state index in [4.69, 9.17) is 0 Å². The van der Waals surface area contributed by atoms with Crippen LogP contribution in [-0.2, 0) is 6.42 Å². The predicted molar refractivity (Wildman–Crippen MR) is 59.7 cm³/mol. The maximum absolute atomic E-state index is 4.23. The van der Waals surface area contributed by atoms with E-state index >= 15 is 0 Å². The van der Waals surface area contributed by atoms with E-state index in [1.54, 1.807) is 0 Å². The van der Waals surface area contributed by atoms with Crippen molar-refractivity contribution in [2.75, 3.05) is 12.4 Å². The molecule has 0 aliphatic rings. The first-order chi connectivity index (χ1) is 6.70. The predicted octanol–water partition coefficient (Wildman–Crippen LogP) is 2.48. The molecule has 1 N–H and O–H groups in total. The molecule has 0 aliphatic carbocycles. The van der Waals surface area contributed by atoms with E-state index < -0.39 is 0 Å². The van der Waals surface area contributed by atoms with E-state index in [-0.39, 0.29) is 0 Å². The molecular formula is C11H19N3. The van der Waals surface area contributed by atoms with Crippen molar-refractivity contribution in [1.82, 2.24) is 10.2 Å². The average Bonchev–Trinajstić information content (AvgIpc) is 2.20. The number of nitrogens with zero attached hydrogens (tertiary/aromatic N) is 2. The first-order valence-electron chi connectivity index (χ1n) is 5.21. The van der Waals surface area contributed by atoms with Crippen LogP contribution < -0.4 is 5.32 Å². The summed E-state index contributed by atoms with van der Waals surface area (Å²) < 4.78 is 0. The number of rotatable bonds is 4. The topological polar surface area (TPSA) is 37.8 Å². The zero-order chi connectivity index (χ0) is 10.6. The minimum atomic E-state index is 0.891. The Balaban J connectivity index is 2.92. The molecule has 0 bridgehead atoms. The largest absolute Gasteiger partial charge is 0.371 e. The Bertz CT molecular complexity index is 308. The average molecular weight is 193 g/mol. The Labute approximate surface area is 85.9 Å². The van der Waals surface area contributed by atoms with E-state index in [1.807, 2.05) is 7.05 Å². The summed E-state index contributed by atoms with van der Waals surface area (Å²) in [7, 11) is 1.88. The van der Waals surface area contributed by atoms with Crippen LogP contribution in [0.25, 0.3) is 0 Å². The minimum absolute atomic E-state index is 0.891. The smallest absolute Gasteiger partial charge is 0.151 e. The molecule has 0 radical (unpaired) electrons. The molecule has 1 rings (SSSR count). The van der Waals surface area contributed by atoms with E-state index in [2.05, 4.69) is 36.3 Å². The number of aromatic nitrogens is 2. The number of anilines is 1. The van der Waals surface area contributed by atoms with Gasteiger partial charge in [0.15, 0.2) is 5.82 Å². The van der Waals surface area contributed by atoms with Crippen LogP contribution in [0.4, 0.5) is 5.82 Å². The van der Waals surface area contributed by atoms with Gasteiger partial charge in [0.25, 0.3) is 0 Å². The molecule has 1 aromatic rings. The highest BCUT2D eigenvalue weighted by Crippen LogP contribution is 2.17. The van der Waals surface area contributed by atoms with Crippen molar-refractivity contribution < 1.29 is 0 Å². The molecular weight excluding hydrogens is 174 g/mol. The Morgan fingerprint density at radius 2 is 1.86 bits per heavy atom. The highest BCUT2D eigenvalue weighted by Gasteiger charge is 2.07. The molecule has 0 atom stereocenters. The summed E-state index contributed by atoms with van der Waals surface area (Å²) in [6, 6.07) is 0. The Kier molecular flexibility index (Phi) is 3.86. The molecule has 0 saturated carbocycles. The lowest BCUT2D eigenvalue weighted by Gasteiger charge is -2.09. The molecule has 0 unspecified atom stereocenters. The maximum Gasteiger partial charge on any atom is 0.151 e. The summed E-state index contributed by atoms with van der Waals surface area (Å²) in [4.78, 5) is 0. The molecule has 0 saturated heterocycles. The normalized spacial score (nSPS) is 10.3. The van der Waals surface area contributed by atoms with Crippen LogP contribution in [-0.4, -0.2) is 17.2 Å². The van der Waals surface area contributed by atoms with Gasteiger partial charge in [-0.25, -0.2) is 0 Å². The van der Waals surface area contributed by atoms with E-state index in [0.717, 1.165) is 17.9 Å². The van der Waals surface area contributed by atoms with Gasteiger partial charge in [-0.3, -0.25) is 0 Å². The number of hydrogen-bond donors (Lipinski definition) is 1. The summed E-state index contributed by atoms with van der Waals surface area (Å²) in [5.41, 5.74) is 3.63. The molecule has 14 heavy (non-hydrogen) atoms. The molecule has 0 spiro atoms. The first-order valence-corrected chi connectivity index (χ1v) is 5.21. The fourth-order valence-electron chi connectivity index (χ4n) is 1.47. The second kappa shape index (κ2) is 4.94. The summed E-state index contributed by atoms with van der Waals surface area (Å²) in [6.07, 6.45) is 3.43. The van der Waals surface area contributed by atoms with Gasteiger partial charge in [-0.2, -0.15) is 5.10 Å². The van der Waals surface area contributed by atoms with Crippen molar-refractivity contribution in [2.24, 2.45) is 0 Å². The highest BCUT2D eigenvalue weighted by atomic mass is 15.2. The van der Waals surface area contributed by atoms with Crippen molar-refractivity contribution in [2.45, 2.75) is 40.0 Å². The molecule has 3 nitrogen and oxygen atoms in total. The van der Waals surface area contributed by atoms with Crippen molar-refractivity contribution in [3.63, 3.8) is 0 Å². The third kappa shape index (κ3) is 2.22. The van der Waals surface area contributed by atoms with Crippen LogP contribution in [0.1, 0.15) is 36.6 Å². The van der Waals surface area contributed by atoms with Crippen LogP contribution in [0, 0.1) is 13.8 Å². The third-order valence-corrected chi connectivity index (χ3v) is 2.63. The summed E-state index contributed by atoms with van der Waals surface area (Å²) in [5.74, 6) is 0.891. The number of aryl methyl sites for hydroxylation is 1. The standard InChI is InChI=1S/C11H19N3/c1-5-6-7-10-8(2)9(3)11(12-4)14-13-10/h5-7H2,1-4H3,(H,12,14). The number of nitrogens with one attached hydrogen (secondary N) is 1. The molecule has 0 aliphatic heterocycles. The van der Waals surface area contributed by atoms with Crippen LogP contribution in [0.15, 0.2) is 0 Å². The van der Waals surface area contributed by atoms with Gasteiger partial charge < -0.3 is 5.32 Å². The molecule has 78 valence electrons. The van der Waals surface area contributed by atoms with Gasteiger partial charge in [0.1, 0.15) is 0 Å². The second-order valence-electron chi connectivity index (χ2n) is 3.60. The summed E-state index contributed by atoms with van der Waals surface area (Å²) in [5, 5.41) is 11.4. The van der Waals surface area contributed by atoms with Crippen LogP contribution >= 0.6 is 0 Å². The zero-order valence-corrected chi connectivity index (χ0v) is 9.52. The SMILES string of the molecule is CCCCc1nnc(NC)c(C)c1C. The zero-order valence-electron chi connectivity index (χ0n) is 9.52. The molecule has 3 heteroatoms. The maximum atomic E-state index is 4.23. The van der Waals surface area contributed by atoms with Crippen molar-refractivity contribution in [3.8, 4) is 0 Å². The van der Waals surface area contributed by atoms with Crippen LogP contribution in [0.2, 0.25) is 0 Å². The summed E-state index contributed by atoms with van der Waals surface area (Å²) in [6.45, 7) is 6.40. The minimum Gasteiger partial charge on any atom is -0.371 e. The van der Waals surface area contributed by atoms with Gasteiger partial charge in [-0.1, -0.05) is 13.3 Å². The van der Waals surface area contributed by atoms with E-state index in [1.165, 1.54) is 24.0 Å². The quantitative estimate of drug-likeness (QED) is 0.798. The van der Waals surface area contributed by atoms with E-state index in [9.17, 15) is 0 Å². The molecule has 1 heterocycles. The van der Waals surface area contributed by atoms with E-state index in [0.29, 0.717) is 0 Å². The second-order valence-corrected chi connectivity index (χ2v) is 3.60. The fourth-order valence-corrected chi connectivity index (χ4v) is 1.47. The van der Waals surface area contributed by atoms with Gasteiger partial charge in [-0.05, 0) is 37.8 Å². The molecule has 0 amide bonds. The Morgan fingerprint density at radius 3 is 2.43 bits per heavy atom. The number of hydrogen-bond acceptors (Lipinski definition) is 3. The Hall–Kier alpha value is -1.12. The first kappa shape index (κ1) is 11.0. The lowest BCUT2D eigenvalue weighted by atomic mass is 10.1. The van der Waals surface area contributed by atoms with Gasteiger partial charge in [0, 0.05) is 7.05 Å². The third-order valence-electron chi connectivity index (χ3n) is 2.63. The number of unbranched alkanes of at least 4 members (excludes halogenated alkanes) is 1. The van der Waals surface area contributed by atoms with Crippen LogP contribution in [0.3, 0.4) is 0 Å². The molecule has 1 aromatic heterocycles. The Morgan fingerprint density at radius 1 is 1.14 bits per heavy atom. The molecule has 0 aromatic carbocycles. The van der Waals surface area contributed by atoms with Crippen molar-refractivity contribution >= 4 is 5.82 Å². The van der Waals surface area contributed by atoms with Gasteiger partial charge in [0.2, 0.25) is 0 Å². The van der Waals surface area contributed by atoms with Crippen molar-refractivity contribution in [1.29, 1.82) is 0 Å². The lowest BCUT2D eigenvalue weighted by molar-refractivity contribution is 0.751. The highest BCUT2D eigenvalue weighted by molar-refractivity contribution is 5.46. The van der Waals surface area contributed by atoms with Crippen molar-refractivity contribution in [3.05, 3.63) is 16.8 Å².